The van der Waals surface area contributed by atoms with Crippen molar-refractivity contribution in [2.24, 2.45) is 0 Å². The second-order valence-electron chi connectivity index (χ2n) is 4.87. The molecule has 16 heavy (non-hydrogen) atoms. The fraction of sp³-hybridized carbons (Fsp3) is 0.615. The van der Waals surface area contributed by atoms with E-state index in [9.17, 15) is 0 Å². The zero-order chi connectivity index (χ0) is 11.5. The maximum absolute atomic E-state index is 4.39. The van der Waals surface area contributed by atoms with Crippen LogP contribution in [0.25, 0.3) is 0 Å². The summed E-state index contributed by atoms with van der Waals surface area (Å²) in [4.78, 5) is 6.66. The summed E-state index contributed by atoms with van der Waals surface area (Å²) in [7, 11) is 2.12. The molecule has 0 amide bonds. The minimum atomic E-state index is 0.520. The molecule has 0 radical (unpaired) electrons. The smallest absolute Gasteiger partial charge is 0.0562 e. The highest BCUT2D eigenvalue weighted by molar-refractivity contribution is 5.46. The number of pyridine rings is 1. The first-order chi connectivity index (χ1) is 7.66. The molecule has 1 fully saturated rings. The maximum atomic E-state index is 4.39. The van der Waals surface area contributed by atoms with Gasteiger partial charge in [-0.3, -0.25) is 4.98 Å². The van der Waals surface area contributed by atoms with E-state index in [1.54, 1.807) is 0 Å². The summed E-state index contributed by atoms with van der Waals surface area (Å²) in [5, 5.41) is 3.49. The van der Waals surface area contributed by atoms with Crippen molar-refractivity contribution >= 4 is 5.69 Å². The van der Waals surface area contributed by atoms with Gasteiger partial charge in [0.25, 0.3) is 0 Å². The third-order valence-electron chi connectivity index (χ3n) is 3.13. The Bertz CT molecular complexity index is 345. The van der Waals surface area contributed by atoms with Gasteiger partial charge in [0.1, 0.15) is 0 Å². The quantitative estimate of drug-likeness (QED) is 0.822. The molecule has 2 rings (SSSR count). The average molecular weight is 219 g/mol. The van der Waals surface area contributed by atoms with Crippen LogP contribution in [-0.4, -0.2) is 24.1 Å². The van der Waals surface area contributed by atoms with Crippen LogP contribution in [0.3, 0.4) is 0 Å². The molecule has 1 aromatic heterocycles. The van der Waals surface area contributed by atoms with E-state index in [2.05, 4.69) is 48.2 Å². The van der Waals surface area contributed by atoms with Gasteiger partial charge in [0.05, 0.1) is 5.69 Å². The van der Waals surface area contributed by atoms with Gasteiger partial charge in [-0.25, -0.2) is 0 Å². The van der Waals surface area contributed by atoms with Gasteiger partial charge in [-0.1, -0.05) is 0 Å². The molecule has 1 N–H and O–H groups in total. The molecular formula is C13H21N3. The van der Waals surface area contributed by atoms with Crippen molar-refractivity contribution in [1.82, 2.24) is 10.3 Å². The number of hydrogen-bond acceptors (Lipinski definition) is 3. The van der Waals surface area contributed by atoms with Gasteiger partial charge in [0.15, 0.2) is 0 Å². The Kier molecular flexibility index (Phi) is 3.44. The summed E-state index contributed by atoms with van der Waals surface area (Å²) in [5.41, 5.74) is 2.38. The fourth-order valence-electron chi connectivity index (χ4n) is 1.62. The summed E-state index contributed by atoms with van der Waals surface area (Å²) in [6, 6.07) is 5.51. The van der Waals surface area contributed by atoms with E-state index >= 15 is 0 Å². The Balaban J connectivity index is 1.99. The van der Waals surface area contributed by atoms with E-state index in [4.69, 9.17) is 0 Å². The van der Waals surface area contributed by atoms with Crippen LogP contribution in [0.15, 0.2) is 18.3 Å². The van der Waals surface area contributed by atoms with Crippen molar-refractivity contribution < 1.29 is 0 Å². The van der Waals surface area contributed by atoms with Gasteiger partial charge >= 0.3 is 0 Å². The molecule has 3 nitrogen and oxygen atoms in total. The number of nitrogens with one attached hydrogen (secondary N) is 1. The number of rotatable bonds is 5. The molecule has 0 aliphatic heterocycles. The van der Waals surface area contributed by atoms with E-state index in [1.165, 1.54) is 18.5 Å². The van der Waals surface area contributed by atoms with Crippen molar-refractivity contribution in [1.29, 1.82) is 0 Å². The predicted octanol–water partition coefficient (Wildman–Crippen LogP) is 2.18. The molecule has 0 saturated heterocycles. The number of aromatic nitrogens is 1. The van der Waals surface area contributed by atoms with Gasteiger partial charge in [-0.2, -0.15) is 0 Å². The molecule has 1 saturated carbocycles. The predicted molar refractivity (Wildman–Crippen MR) is 67.6 cm³/mol. The zero-order valence-electron chi connectivity index (χ0n) is 10.4. The first kappa shape index (κ1) is 11.4. The normalized spacial score (nSPS) is 15.5. The third kappa shape index (κ3) is 2.95. The topological polar surface area (TPSA) is 28.2 Å². The lowest BCUT2D eigenvalue weighted by molar-refractivity contribution is 0.673. The molecule has 1 heterocycles. The highest BCUT2D eigenvalue weighted by atomic mass is 15.1. The minimum absolute atomic E-state index is 0.520. The number of anilines is 1. The van der Waals surface area contributed by atoms with Crippen molar-refractivity contribution in [3.63, 3.8) is 0 Å². The van der Waals surface area contributed by atoms with Crippen LogP contribution in [-0.2, 0) is 6.54 Å². The highest BCUT2D eigenvalue weighted by Crippen LogP contribution is 2.20. The lowest BCUT2D eigenvalue weighted by atomic mass is 10.2. The maximum Gasteiger partial charge on any atom is 0.0562 e. The Hall–Kier alpha value is -1.09. The number of hydrogen-bond donors (Lipinski definition) is 1. The van der Waals surface area contributed by atoms with Gasteiger partial charge in [0, 0.05) is 37.6 Å². The van der Waals surface area contributed by atoms with Gasteiger partial charge in [-0.05, 0) is 38.8 Å². The summed E-state index contributed by atoms with van der Waals surface area (Å²) < 4.78 is 0. The van der Waals surface area contributed by atoms with E-state index in [0.29, 0.717) is 6.04 Å². The summed E-state index contributed by atoms with van der Waals surface area (Å²) in [5.74, 6) is 0. The summed E-state index contributed by atoms with van der Waals surface area (Å²) >= 11 is 0. The van der Waals surface area contributed by atoms with Crippen LogP contribution in [0.2, 0.25) is 0 Å². The Morgan fingerprint density at radius 1 is 1.50 bits per heavy atom. The lowest BCUT2D eigenvalue weighted by Gasteiger charge is -2.24. The molecule has 0 unspecified atom stereocenters. The largest absolute Gasteiger partial charge is 0.372 e. The van der Waals surface area contributed by atoms with Crippen molar-refractivity contribution in [3.8, 4) is 0 Å². The van der Waals surface area contributed by atoms with Crippen LogP contribution in [0.4, 0.5) is 5.69 Å². The standard InChI is InChI=1S/C13H21N3/c1-10(2)16(3)13-6-7-14-12(8-13)9-15-11-4-5-11/h6-8,10-11,15H,4-5,9H2,1-3H3. The third-order valence-corrected chi connectivity index (χ3v) is 3.13. The molecule has 0 spiro atoms. The van der Waals surface area contributed by atoms with Gasteiger partial charge in [-0.15, -0.1) is 0 Å². The van der Waals surface area contributed by atoms with Crippen LogP contribution in [0, 0.1) is 0 Å². The van der Waals surface area contributed by atoms with E-state index in [0.717, 1.165) is 18.3 Å². The van der Waals surface area contributed by atoms with E-state index in [-0.39, 0.29) is 0 Å². The Morgan fingerprint density at radius 3 is 2.88 bits per heavy atom. The van der Waals surface area contributed by atoms with Crippen molar-refractivity contribution in [2.45, 2.75) is 45.3 Å². The molecular weight excluding hydrogens is 198 g/mol. The van der Waals surface area contributed by atoms with E-state index in [1.807, 2.05) is 6.20 Å². The van der Waals surface area contributed by atoms with Gasteiger partial charge < -0.3 is 10.2 Å². The van der Waals surface area contributed by atoms with Crippen LogP contribution < -0.4 is 10.2 Å². The van der Waals surface area contributed by atoms with Crippen LogP contribution in [0.5, 0.6) is 0 Å². The van der Waals surface area contributed by atoms with Crippen molar-refractivity contribution in [3.05, 3.63) is 24.0 Å². The second-order valence-corrected chi connectivity index (χ2v) is 4.87. The zero-order valence-corrected chi connectivity index (χ0v) is 10.4. The van der Waals surface area contributed by atoms with Crippen LogP contribution in [0.1, 0.15) is 32.4 Å². The summed E-state index contributed by atoms with van der Waals surface area (Å²) in [6.45, 7) is 5.29. The van der Waals surface area contributed by atoms with Crippen molar-refractivity contribution in [2.75, 3.05) is 11.9 Å². The minimum Gasteiger partial charge on any atom is -0.372 e. The average Bonchev–Trinajstić information content (AvgIpc) is 3.09. The molecule has 0 bridgehead atoms. The molecule has 1 aromatic rings. The van der Waals surface area contributed by atoms with Gasteiger partial charge in [0.2, 0.25) is 0 Å². The highest BCUT2D eigenvalue weighted by Gasteiger charge is 2.20. The molecule has 1 aliphatic carbocycles. The summed E-state index contributed by atoms with van der Waals surface area (Å²) in [6.07, 6.45) is 4.55. The molecule has 1 aliphatic rings. The Labute approximate surface area is 97.9 Å². The monoisotopic (exact) mass is 219 g/mol. The second kappa shape index (κ2) is 4.83. The molecule has 3 heteroatoms. The number of nitrogens with zero attached hydrogens (tertiary/aromatic N) is 2. The first-order valence-electron chi connectivity index (χ1n) is 6.08. The van der Waals surface area contributed by atoms with E-state index < -0.39 is 0 Å². The first-order valence-corrected chi connectivity index (χ1v) is 6.08. The molecule has 0 atom stereocenters. The SMILES string of the molecule is CC(C)N(C)c1ccnc(CNC2CC2)c1. The molecule has 88 valence electrons. The fourth-order valence-corrected chi connectivity index (χ4v) is 1.62. The Morgan fingerprint density at radius 2 is 2.25 bits per heavy atom. The van der Waals surface area contributed by atoms with Crippen LogP contribution >= 0.6 is 0 Å². The lowest BCUT2D eigenvalue weighted by Crippen LogP contribution is -2.26. The molecule has 0 aromatic carbocycles.